The smallest absolute Gasteiger partial charge is 0.198 e. The van der Waals surface area contributed by atoms with E-state index in [1.807, 2.05) is 6.92 Å². The molecule has 0 amide bonds. The second-order valence-electron chi connectivity index (χ2n) is 6.21. The number of aromatic nitrogens is 2. The Kier molecular flexibility index (Phi) is 3.50. The van der Waals surface area contributed by atoms with Gasteiger partial charge in [0.25, 0.3) is 0 Å². The first-order valence-corrected chi connectivity index (χ1v) is 6.75. The highest BCUT2D eigenvalue weighted by Crippen LogP contribution is 2.37. The molecule has 0 bridgehead atoms. The Morgan fingerprint density at radius 1 is 1.20 bits per heavy atom. The Labute approximate surface area is 120 Å². The lowest BCUT2D eigenvalue weighted by Crippen LogP contribution is -2.13. The van der Waals surface area contributed by atoms with Crippen molar-refractivity contribution in [3.63, 3.8) is 0 Å². The molecule has 0 saturated carbocycles. The Morgan fingerprint density at radius 3 is 2.30 bits per heavy atom. The Balaban J connectivity index is 2.69. The summed E-state index contributed by atoms with van der Waals surface area (Å²) >= 11 is 0. The summed E-state index contributed by atoms with van der Waals surface area (Å²) in [5.41, 5.74) is 11.0. The van der Waals surface area contributed by atoms with Gasteiger partial charge in [0.2, 0.25) is 0 Å². The topological polar surface area (TPSA) is 63.9 Å². The molecule has 0 atom stereocenters. The summed E-state index contributed by atoms with van der Waals surface area (Å²) in [5, 5.41) is 0. The minimum Gasteiger partial charge on any atom is -0.496 e. The lowest BCUT2D eigenvalue weighted by molar-refractivity contribution is 0.397. The van der Waals surface area contributed by atoms with Gasteiger partial charge in [0, 0.05) is 16.8 Å². The first-order chi connectivity index (χ1) is 9.24. The molecule has 4 heteroatoms. The molecule has 2 rings (SSSR count). The summed E-state index contributed by atoms with van der Waals surface area (Å²) in [4.78, 5) is 7.46. The standard InChI is InChI=1S/C16H23N3O/c1-9-7-13(20-6)12(16(3,4)5)8-11(9)14-10(2)18-15(17)19-14/h7-8H,1-6H3,(H3,17,18,19). The van der Waals surface area contributed by atoms with Gasteiger partial charge in [0.1, 0.15) is 5.75 Å². The van der Waals surface area contributed by atoms with Crippen LogP contribution in [0.1, 0.15) is 37.6 Å². The number of nitrogens with one attached hydrogen (secondary N) is 1. The predicted octanol–water partition coefficient (Wildman–Crippen LogP) is 3.58. The minimum absolute atomic E-state index is 0.00352. The number of benzene rings is 1. The van der Waals surface area contributed by atoms with Crippen LogP contribution in [0.25, 0.3) is 11.3 Å². The number of aryl methyl sites for hydroxylation is 2. The lowest BCUT2D eigenvalue weighted by atomic mass is 9.84. The third-order valence-corrected chi connectivity index (χ3v) is 3.51. The summed E-state index contributed by atoms with van der Waals surface area (Å²) in [5.74, 6) is 1.37. The van der Waals surface area contributed by atoms with E-state index in [0.717, 1.165) is 28.3 Å². The normalized spacial score (nSPS) is 11.7. The Bertz CT molecular complexity index is 636. The molecule has 0 unspecified atom stereocenters. The van der Waals surface area contributed by atoms with Crippen LogP contribution in [0.2, 0.25) is 0 Å². The highest BCUT2D eigenvalue weighted by Gasteiger charge is 2.22. The summed E-state index contributed by atoms with van der Waals surface area (Å²) < 4.78 is 5.53. The fourth-order valence-corrected chi connectivity index (χ4v) is 2.44. The van der Waals surface area contributed by atoms with Crippen LogP contribution < -0.4 is 10.5 Å². The van der Waals surface area contributed by atoms with E-state index >= 15 is 0 Å². The number of nitrogens with two attached hydrogens (primary N) is 1. The first kappa shape index (κ1) is 14.4. The average molecular weight is 273 g/mol. The molecule has 20 heavy (non-hydrogen) atoms. The third kappa shape index (κ3) is 2.50. The highest BCUT2D eigenvalue weighted by atomic mass is 16.5. The molecule has 3 N–H and O–H groups in total. The fraction of sp³-hybridized carbons (Fsp3) is 0.438. The number of nitrogen functional groups attached to an aromatic ring is 1. The molecule has 108 valence electrons. The number of nitrogens with zero attached hydrogens (tertiary/aromatic N) is 1. The van der Waals surface area contributed by atoms with Crippen molar-refractivity contribution in [3.8, 4) is 17.0 Å². The molecule has 0 saturated heterocycles. The van der Waals surface area contributed by atoms with Crippen LogP contribution in [0.5, 0.6) is 5.75 Å². The zero-order valence-corrected chi connectivity index (χ0v) is 13.1. The average Bonchev–Trinajstić information content (AvgIpc) is 2.66. The van der Waals surface area contributed by atoms with E-state index in [2.05, 4.69) is 49.8 Å². The lowest BCUT2D eigenvalue weighted by Gasteiger charge is -2.24. The molecular formula is C16H23N3O. The zero-order chi connectivity index (χ0) is 15.1. The maximum Gasteiger partial charge on any atom is 0.198 e. The molecule has 0 aliphatic rings. The first-order valence-electron chi connectivity index (χ1n) is 6.75. The van der Waals surface area contributed by atoms with Gasteiger partial charge in [-0.2, -0.15) is 0 Å². The van der Waals surface area contributed by atoms with Crippen molar-refractivity contribution >= 4 is 5.95 Å². The largest absolute Gasteiger partial charge is 0.496 e. The van der Waals surface area contributed by atoms with Crippen molar-refractivity contribution in [3.05, 3.63) is 29.0 Å². The maximum absolute atomic E-state index is 5.76. The molecule has 4 nitrogen and oxygen atoms in total. The van der Waals surface area contributed by atoms with E-state index < -0.39 is 0 Å². The van der Waals surface area contributed by atoms with E-state index in [0.29, 0.717) is 5.95 Å². The van der Waals surface area contributed by atoms with Crippen molar-refractivity contribution in [1.29, 1.82) is 0 Å². The number of anilines is 1. The third-order valence-electron chi connectivity index (χ3n) is 3.51. The van der Waals surface area contributed by atoms with Gasteiger partial charge in [-0.25, -0.2) is 4.98 Å². The number of hydrogen-bond donors (Lipinski definition) is 2. The van der Waals surface area contributed by atoms with Crippen LogP contribution in [-0.4, -0.2) is 17.1 Å². The summed E-state index contributed by atoms with van der Waals surface area (Å²) in [6, 6.07) is 4.23. The van der Waals surface area contributed by atoms with E-state index in [9.17, 15) is 0 Å². The van der Waals surface area contributed by atoms with Gasteiger partial charge in [-0.15, -0.1) is 0 Å². The van der Waals surface area contributed by atoms with E-state index in [1.54, 1.807) is 7.11 Å². The molecular weight excluding hydrogens is 250 g/mol. The van der Waals surface area contributed by atoms with Crippen LogP contribution >= 0.6 is 0 Å². The molecule has 0 spiro atoms. The minimum atomic E-state index is 0.00352. The molecule has 0 fully saturated rings. The van der Waals surface area contributed by atoms with E-state index in [1.165, 1.54) is 5.56 Å². The summed E-state index contributed by atoms with van der Waals surface area (Å²) in [6.07, 6.45) is 0. The zero-order valence-electron chi connectivity index (χ0n) is 13.1. The van der Waals surface area contributed by atoms with Crippen molar-refractivity contribution in [2.45, 2.75) is 40.0 Å². The Hall–Kier alpha value is -1.97. The quantitative estimate of drug-likeness (QED) is 0.879. The van der Waals surface area contributed by atoms with Crippen LogP contribution in [0.3, 0.4) is 0 Å². The monoisotopic (exact) mass is 273 g/mol. The van der Waals surface area contributed by atoms with E-state index in [4.69, 9.17) is 10.5 Å². The van der Waals surface area contributed by atoms with Crippen LogP contribution in [0.4, 0.5) is 5.95 Å². The van der Waals surface area contributed by atoms with Crippen molar-refractivity contribution in [2.75, 3.05) is 12.8 Å². The van der Waals surface area contributed by atoms with Crippen LogP contribution in [0, 0.1) is 13.8 Å². The van der Waals surface area contributed by atoms with Gasteiger partial charge >= 0.3 is 0 Å². The highest BCUT2D eigenvalue weighted by molar-refractivity contribution is 5.70. The molecule has 1 aromatic carbocycles. The van der Waals surface area contributed by atoms with Gasteiger partial charge in [-0.1, -0.05) is 20.8 Å². The van der Waals surface area contributed by atoms with E-state index in [-0.39, 0.29) is 5.41 Å². The second-order valence-corrected chi connectivity index (χ2v) is 6.21. The van der Waals surface area contributed by atoms with Gasteiger partial charge in [-0.3, -0.25) is 0 Å². The molecule has 0 aliphatic carbocycles. The number of aromatic amines is 1. The second kappa shape index (κ2) is 4.85. The summed E-state index contributed by atoms with van der Waals surface area (Å²) in [7, 11) is 1.71. The maximum atomic E-state index is 5.76. The molecule has 1 aromatic heterocycles. The van der Waals surface area contributed by atoms with Crippen molar-refractivity contribution < 1.29 is 4.74 Å². The number of ether oxygens (including phenoxy) is 1. The van der Waals surface area contributed by atoms with Crippen LogP contribution in [0.15, 0.2) is 12.1 Å². The van der Waals surface area contributed by atoms with Gasteiger partial charge < -0.3 is 15.5 Å². The van der Waals surface area contributed by atoms with Gasteiger partial charge in [0.15, 0.2) is 5.95 Å². The van der Waals surface area contributed by atoms with Gasteiger partial charge in [0.05, 0.1) is 12.8 Å². The molecule has 0 radical (unpaired) electrons. The fourth-order valence-electron chi connectivity index (χ4n) is 2.44. The number of methoxy groups -OCH3 is 1. The summed E-state index contributed by atoms with van der Waals surface area (Å²) in [6.45, 7) is 10.6. The SMILES string of the molecule is COc1cc(C)c(-c2nc(N)[nH]c2C)cc1C(C)(C)C. The number of H-pyrrole nitrogens is 1. The Morgan fingerprint density at radius 2 is 1.85 bits per heavy atom. The predicted molar refractivity (Wildman–Crippen MR) is 83.2 cm³/mol. The van der Waals surface area contributed by atoms with Gasteiger partial charge in [-0.05, 0) is 37.0 Å². The molecule has 0 aliphatic heterocycles. The number of imidazole rings is 1. The van der Waals surface area contributed by atoms with Crippen molar-refractivity contribution in [2.24, 2.45) is 0 Å². The molecule has 1 heterocycles. The van der Waals surface area contributed by atoms with Crippen molar-refractivity contribution in [1.82, 2.24) is 9.97 Å². The molecule has 2 aromatic rings. The van der Waals surface area contributed by atoms with Crippen LogP contribution in [-0.2, 0) is 5.41 Å². The number of rotatable bonds is 2. The number of hydrogen-bond acceptors (Lipinski definition) is 3.